The minimum atomic E-state index is -0.106. The maximum atomic E-state index is 12.4. The average molecular weight is 384 g/mol. The summed E-state index contributed by atoms with van der Waals surface area (Å²) in [6.45, 7) is 2.21. The first-order chi connectivity index (χ1) is 12.1. The van der Waals surface area contributed by atoms with E-state index < -0.39 is 0 Å². The van der Waals surface area contributed by atoms with Gasteiger partial charge in [-0.05, 0) is 43.4 Å². The minimum absolute atomic E-state index is 0. The van der Waals surface area contributed by atoms with Crippen LogP contribution in [0.25, 0.3) is 0 Å². The molecule has 1 heterocycles. The van der Waals surface area contributed by atoms with Crippen molar-refractivity contribution in [1.29, 1.82) is 0 Å². The average Bonchev–Trinajstić information content (AvgIpc) is 2.66. The van der Waals surface area contributed by atoms with Crippen molar-refractivity contribution >= 4 is 24.2 Å². The molecule has 1 saturated heterocycles. The van der Waals surface area contributed by atoms with Crippen LogP contribution in [0.15, 0.2) is 24.3 Å². The predicted octanol–water partition coefficient (Wildman–Crippen LogP) is 1.75. The lowest BCUT2D eigenvalue weighted by atomic mass is 9.96. The number of rotatable bonds is 8. The zero-order chi connectivity index (χ0) is 18.1. The van der Waals surface area contributed by atoms with Gasteiger partial charge in [-0.15, -0.1) is 12.4 Å². The van der Waals surface area contributed by atoms with E-state index in [2.05, 4.69) is 5.32 Å². The number of carbonyl (C=O) groups is 2. The highest BCUT2D eigenvalue weighted by molar-refractivity contribution is 5.85. The third-order valence-electron chi connectivity index (χ3n) is 4.60. The summed E-state index contributed by atoms with van der Waals surface area (Å²) < 4.78 is 5.14. The van der Waals surface area contributed by atoms with E-state index in [1.807, 2.05) is 29.2 Å². The van der Waals surface area contributed by atoms with Crippen LogP contribution < -0.4 is 15.8 Å². The van der Waals surface area contributed by atoms with Crippen LogP contribution >= 0.6 is 12.4 Å². The number of ether oxygens (including phenoxy) is 1. The summed E-state index contributed by atoms with van der Waals surface area (Å²) in [6.07, 6.45) is 3.91. The molecule has 0 aliphatic carbocycles. The smallest absolute Gasteiger partial charge is 0.224 e. The summed E-state index contributed by atoms with van der Waals surface area (Å²) in [5.74, 6) is 0.893. The number of piperidine rings is 1. The number of nitrogens with one attached hydrogen (secondary N) is 1. The summed E-state index contributed by atoms with van der Waals surface area (Å²) in [7, 11) is 1.65. The van der Waals surface area contributed by atoms with E-state index in [-0.39, 0.29) is 30.1 Å². The van der Waals surface area contributed by atoms with Gasteiger partial charge in [-0.25, -0.2) is 0 Å². The fourth-order valence-corrected chi connectivity index (χ4v) is 3.15. The topological polar surface area (TPSA) is 84.7 Å². The molecule has 0 saturated carbocycles. The molecule has 6 nitrogen and oxygen atoms in total. The summed E-state index contributed by atoms with van der Waals surface area (Å²) in [6, 6.07) is 7.93. The first kappa shape index (κ1) is 22.3. The molecule has 0 aromatic heterocycles. The highest BCUT2D eigenvalue weighted by Crippen LogP contribution is 2.18. The summed E-state index contributed by atoms with van der Waals surface area (Å²) in [5.41, 5.74) is 6.61. The van der Waals surface area contributed by atoms with Gasteiger partial charge in [0.2, 0.25) is 11.8 Å². The lowest BCUT2D eigenvalue weighted by molar-refractivity contribution is -0.135. The van der Waals surface area contributed by atoms with Crippen molar-refractivity contribution in [3.8, 4) is 5.75 Å². The first-order valence-electron chi connectivity index (χ1n) is 9.02. The van der Waals surface area contributed by atoms with Crippen LogP contribution in [-0.2, 0) is 16.0 Å². The third kappa shape index (κ3) is 6.84. The summed E-state index contributed by atoms with van der Waals surface area (Å²) >= 11 is 0. The lowest BCUT2D eigenvalue weighted by Gasteiger charge is -2.32. The molecule has 2 amide bonds. The molecular formula is C19H30ClN3O3. The summed E-state index contributed by atoms with van der Waals surface area (Å²) in [4.78, 5) is 26.3. The van der Waals surface area contributed by atoms with Crippen LogP contribution in [0.3, 0.4) is 0 Å². The molecule has 1 fully saturated rings. The summed E-state index contributed by atoms with van der Waals surface area (Å²) in [5, 5.41) is 2.82. The number of amides is 2. The Morgan fingerprint density at radius 2 is 2.04 bits per heavy atom. The number of carbonyl (C=O) groups excluding carboxylic acids is 2. The Morgan fingerprint density at radius 3 is 2.69 bits per heavy atom. The Kier molecular flexibility index (Phi) is 10.1. The van der Waals surface area contributed by atoms with E-state index in [9.17, 15) is 9.59 Å². The number of hydrogen-bond donors (Lipinski definition) is 2. The number of methoxy groups -OCH3 is 1. The van der Waals surface area contributed by atoms with E-state index >= 15 is 0 Å². The molecule has 26 heavy (non-hydrogen) atoms. The van der Waals surface area contributed by atoms with Gasteiger partial charge >= 0.3 is 0 Å². The molecule has 0 bridgehead atoms. The Hall–Kier alpha value is -1.79. The number of likely N-dealkylation sites (tertiary alicyclic amines) is 1. The van der Waals surface area contributed by atoms with E-state index in [1.165, 1.54) is 5.56 Å². The Labute approximate surface area is 161 Å². The van der Waals surface area contributed by atoms with Crippen molar-refractivity contribution in [2.75, 3.05) is 33.3 Å². The molecule has 3 N–H and O–H groups in total. The SMILES string of the molecule is COc1ccc(CCCC(=O)N2CCCC(C(=O)NCCN)C2)cc1.Cl. The van der Waals surface area contributed by atoms with Crippen LogP contribution in [0.1, 0.15) is 31.2 Å². The quantitative estimate of drug-likeness (QED) is 0.716. The minimum Gasteiger partial charge on any atom is -0.497 e. The highest BCUT2D eigenvalue weighted by atomic mass is 35.5. The van der Waals surface area contributed by atoms with Gasteiger partial charge in [0, 0.05) is 32.6 Å². The molecule has 1 aliphatic rings. The molecular weight excluding hydrogens is 354 g/mol. The largest absolute Gasteiger partial charge is 0.497 e. The van der Waals surface area contributed by atoms with E-state index in [4.69, 9.17) is 10.5 Å². The first-order valence-corrected chi connectivity index (χ1v) is 9.02. The third-order valence-corrected chi connectivity index (χ3v) is 4.60. The Morgan fingerprint density at radius 1 is 1.31 bits per heavy atom. The zero-order valence-electron chi connectivity index (χ0n) is 15.4. The standard InChI is InChI=1S/C19H29N3O3.ClH/c1-25-17-9-7-15(8-10-17)4-2-6-18(23)22-13-3-5-16(14-22)19(24)21-12-11-20;/h7-10,16H,2-6,11-14,20H2,1H3,(H,21,24);1H. The van der Waals surface area contributed by atoms with Crippen molar-refractivity contribution in [2.45, 2.75) is 32.1 Å². The molecule has 1 unspecified atom stereocenters. The predicted molar refractivity (Wildman–Crippen MR) is 105 cm³/mol. The second kappa shape index (κ2) is 11.8. The second-order valence-electron chi connectivity index (χ2n) is 6.46. The molecule has 1 aromatic carbocycles. The fraction of sp³-hybridized carbons (Fsp3) is 0.579. The number of nitrogens with zero attached hydrogens (tertiary/aromatic N) is 1. The van der Waals surface area contributed by atoms with Gasteiger partial charge in [-0.2, -0.15) is 0 Å². The van der Waals surface area contributed by atoms with Crippen LogP contribution in [0.5, 0.6) is 5.75 Å². The van der Waals surface area contributed by atoms with E-state index in [1.54, 1.807) is 7.11 Å². The van der Waals surface area contributed by atoms with Gasteiger partial charge in [-0.1, -0.05) is 12.1 Å². The number of nitrogens with two attached hydrogens (primary N) is 1. The van der Waals surface area contributed by atoms with Gasteiger partial charge in [-0.3, -0.25) is 9.59 Å². The normalized spacial score (nSPS) is 16.5. The molecule has 1 atom stereocenters. The molecule has 1 aromatic rings. The van der Waals surface area contributed by atoms with Crippen molar-refractivity contribution in [3.05, 3.63) is 29.8 Å². The molecule has 146 valence electrons. The van der Waals surface area contributed by atoms with Crippen LogP contribution in [0, 0.1) is 5.92 Å². The van der Waals surface area contributed by atoms with Crippen molar-refractivity contribution in [1.82, 2.24) is 10.2 Å². The maximum absolute atomic E-state index is 12.4. The second-order valence-corrected chi connectivity index (χ2v) is 6.46. The maximum Gasteiger partial charge on any atom is 0.224 e. The monoisotopic (exact) mass is 383 g/mol. The van der Waals surface area contributed by atoms with Gasteiger partial charge in [0.15, 0.2) is 0 Å². The molecule has 7 heteroatoms. The highest BCUT2D eigenvalue weighted by Gasteiger charge is 2.27. The van der Waals surface area contributed by atoms with Crippen molar-refractivity contribution in [3.63, 3.8) is 0 Å². The van der Waals surface area contributed by atoms with Gasteiger partial charge in [0.1, 0.15) is 5.75 Å². The fourth-order valence-electron chi connectivity index (χ4n) is 3.15. The number of benzene rings is 1. The molecule has 0 spiro atoms. The molecule has 2 rings (SSSR count). The van der Waals surface area contributed by atoms with Crippen LogP contribution in [0.2, 0.25) is 0 Å². The van der Waals surface area contributed by atoms with Gasteiger partial charge in [0.25, 0.3) is 0 Å². The van der Waals surface area contributed by atoms with Gasteiger partial charge in [0.05, 0.1) is 13.0 Å². The van der Waals surface area contributed by atoms with Crippen molar-refractivity contribution < 1.29 is 14.3 Å². The van der Waals surface area contributed by atoms with Crippen LogP contribution in [0.4, 0.5) is 0 Å². The number of halogens is 1. The number of aryl methyl sites for hydroxylation is 1. The van der Waals surface area contributed by atoms with E-state index in [0.717, 1.165) is 38.0 Å². The molecule has 0 radical (unpaired) electrons. The van der Waals surface area contributed by atoms with Crippen LogP contribution in [-0.4, -0.2) is 50.0 Å². The van der Waals surface area contributed by atoms with E-state index in [0.29, 0.717) is 26.1 Å². The van der Waals surface area contributed by atoms with Gasteiger partial charge < -0.3 is 20.7 Å². The Balaban J connectivity index is 0.00000338. The van der Waals surface area contributed by atoms with Crippen molar-refractivity contribution in [2.24, 2.45) is 11.7 Å². The molecule has 1 aliphatic heterocycles. The Bertz CT molecular complexity index is 566. The zero-order valence-corrected chi connectivity index (χ0v) is 16.2. The lowest BCUT2D eigenvalue weighted by Crippen LogP contribution is -2.46. The number of hydrogen-bond acceptors (Lipinski definition) is 4.